The van der Waals surface area contributed by atoms with E-state index in [1.54, 1.807) is 43.5 Å². The molecule has 1 unspecified atom stereocenters. The Hall–Kier alpha value is -3.11. The first kappa shape index (κ1) is 23.6. The van der Waals surface area contributed by atoms with Crippen LogP contribution in [0, 0.1) is 0 Å². The number of rotatable bonds is 8. The molecule has 1 atom stereocenters. The van der Waals surface area contributed by atoms with E-state index >= 15 is 0 Å². The van der Waals surface area contributed by atoms with Crippen LogP contribution >= 0.6 is 0 Å². The molecule has 172 valence electrons. The molecule has 1 fully saturated rings. The van der Waals surface area contributed by atoms with Crippen LogP contribution < -0.4 is 20.1 Å². The summed E-state index contributed by atoms with van der Waals surface area (Å²) in [5, 5.41) is 5.11. The van der Waals surface area contributed by atoms with E-state index in [-0.39, 0.29) is 18.0 Å². The van der Waals surface area contributed by atoms with Gasteiger partial charge in [-0.1, -0.05) is 12.1 Å². The summed E-state index contributed by atoms with van der Waals surface area (Å²) in [5.74, 6) is -0.311. The van der Waals surface area contributed by atoms with Crippen LogP contribution in [0.3, 0.4) is 0 Å². The van der Waals surface area contributed by atoms with Crippen LogP contribution in [0.4, 0.5) is 0 Å². The summed E-state index contributed by atoms with van der Waals surface area (Å²) in [5.41, 5.74) is 0.819. The van der Waals surface area contributed by atoms with E-state index in [1.165, 1.54) is 23.5 Å². The molecule has 0 aromatic heterocycles. The van der Waals surface area contributed by atoms with Gasteiger partial charge in [-0.05, 0) is 54.8 Å². The lowest BCUT2D eigenvalue weighted by molar-refractivity contribution is -0.139. The monoisotopic (exact) mass is 461 g/mol. The summed E-state index contributed by atoms with van der Waals surface area (Å²) >= 11 is 0. The number of ether oxygens (including phenoxy) is 2. The summed E-state index contributed by atoms with van der Waals surface area (Å²) < 4.78 is 37.6. The minimum Gasteiger partial charge on any atom is -0.497 e. The molecule has 2 aromatic carbocycles. The second-order valence-corrected chi connectivity index (χ2v) is 9.22. The van der Waals surface area contributed by atoms with E-state index in [0.29, 0.717) is 30.9 Å². The molecule has 2 N–H and O–H groups in total. The van der Waals surface area contributed by atoms with Gasteiger partial charge in [0.25, 0.3) is 0 Å². The van der Waals surface area contributed by atoms with Crippen molar-refractivity contribution in [3.8, 4) is 11.5 Å². The van der Waals surface area contributed by atoms with Gasteiger partial charge in [0.05, 0.1) is 19.1 Å². The van der Waals surface area contributed by atoms with Gasteiger partial charge in [0.2, 0.25) is 10.0 Å². The zero-order chi connectivity index (χ0) is 23.1. The van der Waals surface area contributed by atoms with Gasteiger partial charge in [0.1, 0.15) is 11.5 Å². The number of hydrogen-bond acceptors (Lipinski definition) is 6. The van der Waals surface area contributed by atoms with Crippen molar-refractivity contribution in [2.75, 3.05) is 27.3 Å². The highest BCUT2D eigenvalue weighted by Crippen LogP contribution is 2.26. The lowest BCUT2D eigenvalue weighted by Gasteiger charge is -2.24. The van der Waals surface area contributed by atoms with Gasteiger partial charge in [0, 0.05) is 25.7 Å². The number of nitrogens with zero attached hydrogens (tertiary/aromatic N) is 1. The van der Waals surface area contributed by atoms with E-state index in [2.05, 4.69) is 10.6 Å². The molecule has 1 aliphatic rings. The fourth-order valence-corrected chi connectivity index (χ4v) is 5.20. The fourth-order valence-electron chi connectivity index (χ4n) is 3.51. The van der Waals surface area contributed by atoms with Gasteiger partial charge >= 0.3 is 11.8 Å². The number of sulfonamides is 1. The van der Waals surface area contributed by atoms with Crippen LogP contribution in [-0.4, -0.2) is 57.9 Å². The van der Waals surface area contributed by atoms with Crippen molar-refractivity contribution in [1.29, 1.82) is 0 Å². The number of carbonyl (C=O) groups excluding carboxylic acids is 2. The molecule has 10 heteroatoms. The highest BCUT2D eigenvalue weighted by Gasteiger charge is 2.35. The van der Waals surface area contributed by atoms with Gasteiger partial charge in [-0.2, -0.15) is 4.31 Å². The van der Waals surface area contributed by atoms with Crippen LogP contribution in [0.1, 0.15) is 18.4 Å². The third-order valence-corrected chi connectivity index (χ3v) is 7.27. The first-order valence-corrected chi connectivity index (χ1v) is 11.6. The zero-order valence-electron chi connectivity index (χ0n) is 18.0. The molecule has 2 amide bonds. The highest BCUT2D eigenvalue weighted by molar-refractivity contribution is 7.89. The molecule has 1 saturated heterocycles. The average molecular weight is 462 g/mol. The van der Waals surface area contributed by atoms with Gasteiger partial charge in [0.15, 0.2) is 0 Å². The van der Waals surface area contributed by atoms with E-state index < -0.39 is 27.9 Å². The Morgan fingerprint density at radius 3 is 2.09 bits per heavy atom. The van der Waals surface area contributed by atoms with Gasteiger partial charge in [-0.25, -0.2) is 8.42 Å². The van der Waals surface area contributed by atoms with Crippen molar-refractivity contribution in [3.05, 3.63) is 54.1 Å². The molecule has 1 aliphatic heterocycles. The number of hydrogen-bond donors (Lipinski definition) is 2. The van der Waals surface area contributed by atoms with Gasteiger partial charge < -0.3 is 20.1 Å². The number of carbonyl (C=O) groups is 2. The van der Waals surface area contributed by atoms with Crippen molar-refractivity contribution in [2.45, 2.75) is 30.3 Å². The highest BCUT2D eigenvalue weighted by atomic mass is 32.2. The number of methoxy groups -OCH3 is 2. The first-order chi connectivity index (χ1) is 15.3. The molecule has 0 aliphatic carbocycles. The van der Waals surface area contributed by atoms with Crippen LogP contribution in [-0.2, 0) is 26.2 Å². The lowest BCUT2D eigenvalue weighted by atomic mass is 10.2. The maximum atomic E-state index is 13.0. The maximum absolute atomic E-state index is 13.0. The minimum absolute atomic E-state index is 0.0597. The van der Waals surface area contributed by atoms with E-state index in [9.17, 15) is 18.0 Å². The molecule has 32 heavy (non-hydrogen) atoms. The second-order valence-electron chi connectivity index (χ2n) is 7.33. The Morgan fingerprint density at radius 2 is 1.50 bits per heavy atom. The van der Waals surface area contributed by atoms with Crippen molar-refractivity contribution < 1.29 is 27.5 Å². The standard InChI is InChI=1S/C22H27N3O6S/c1-30-18-7-5-16(6-8-18)14-23-21(26)22(27)24-15-17-4-3-13-25(17)32(28,29)20-11-9-19(31-2)10-12-20/h5-12,17H,3-4,13-15H2,1-2H3,(H,23,26)(H,24,27). The normalized spacial score (nSPS) is 16.4. The Balaban J connectivity index is 1.54. The predicted octanol–water partition coefficient (Wildman–Crippen LogP) is 1.29. The smallest absolute Gasteiger partial charge is 0.309 e. The molecule has 3 rings (SSSR count). The number of benzene rings is 2. The summed E-state index contributed by atoms with van der Waals surface area (Å²) in [6.45, 7) is 0.611. The summed E-state index contributed by atoms with van der Waals surface area (Å²) in [6, 6.07) is 12.9. The fraction of sp³-hybridized carbons (Fsp3) is 0.364. The maximum Gasteiger partial charge on any atom is 0.309 e. The number of amides is 2. The molecule has 0 radical (unpaired) electrons. The van der Waals surface area contributed by atoms with E-state index in [0.717, 1.165) is 5.56 Å². The van der Waals surface area contributed by atoms with Crippen molar-refractivity contribution in [1.82, 2.24) is 14.9 Å². The van der Waals surface area contributed by atoms with Crippen LogP contribution in [0.15, 0.2) is 53.4 Å². The summed E-state index contributed by atoms with van der Waals surface area (Å²) in [6.07, 6.45) is 1.28. The molecule has 9 nitrogen and oxygen atoms in total. The first-order valence-electron chi connectivity index (χ1n) is 10.2. The molecule has 0 bridgehead atoms. The topological polar surface area (TPSA) is 114 Å². The van der Waals surface area contributed by atoms with Crippen LogP contribution in [0.25, 0.3) is 0 Å². The molecule has 1 heterocycles. The Kier molecular flexibility index (Phi) is 7.70. The average Bonchev–Trinajstić information content (AvgIpc) is 3.31. The number of nitrogens with one attached hydrogen (secondary N) is 2. The quantitative estimate of drug-likeness (QED) is 0.573. The Bertz CT molecular complexity index is 1040. The molecule has 2 aromatic rings. The zero-order valence-corrected chi connectivity index (χ0v) is 18.9. The molecule has 0 saturated carbocycles. The Labute approximate surface area is 187 Å². The predicted molar refractivity (Wildman–Crippen MR) is 118 cm³/mol. The third-order valence-electron chi connectivity index (χ3n) is 5.31. The SMILES string of the molecule is COc1ccc(CNC(=O)C(=O)NCC2CCCN2S(=O)(=O)c2ccc(OC)cc2)cc1. The summed E-state index contributed by atoms with van der Waals surface area (Å²) in [7, 11) is -0.643. The molecule has 0 spiro atoms. The van der Waals surface area contributed by atoms with E-state index in [1.807, 2.05) is 0 Å². The van der Waals surface area contributed by atoms with E-state index in [4.69, 9.17) is 9.47 Å². The van der Waals surface area contributed by atoms with Crippen molar-refractivity contribution in [2.24, 2.45) is 0 Å². The largest absolute Gasteiger partial charge is 0.497 e. The van der Waals surface area contributed by atoms with Crippen molar-refractivity contribution >= 4 is 21.8 Å². The minimum atomic E-state index is -3.72. The van der Waals surface area contributed by atoms with Crippen LogP contribution in [0.2, 0.25) is 0 Å². The second kappa shape index (κ2) is 10.5. The Morgan fingerprint density at radius 1 is 0.938 bits per heavy atom. The van der Waals surface area contributed by atoms with Crippen LogP contribution in [0.5, 0.6) is 11.5 Å². The molecular weight excluding hydrogens is 434 g/mol. The van der Waals surface area contributed by atoms with Gasteiger partial charge in [-0.3, -0.25) is 9.59 Å². The third kappa shape index (κ3) is 5.57. The van der Waals surface area contributed by atoms with Gasteiger partial charge in [-0.15, -0.1) is 0 Å². The van der Waals surface area contributed by atoms with Crippen molar-refractivity contribution in [3.63, 3.8) is 0 Å². The summed E-state index contributed by atoms with van der Waals surface area (Å²) in [4.78, 5) is 24.5. The molecular formula is C22H27N3O6S. The lowest BCUT2D eigenvalue weighted by Crippen LogP contribution is -2.46.